The van der Waals surface area contributed by atoms with E-state index in [-0.39, 0.29) is 5.41 Å². The van der Waals surface area contributed by atoms with Crippen LogP contribution in [-0.2, 0) is 16.6 Å². The lowest BCUT2D eigenvalue weighted by atomic mass is 9.82. The molecule has 1 heteroatoms. The van der Waals surface area contributed by atoms with Crippen LogP contribution < -0.4 is 0 Å². The predicted molar refractivity (Wildman–Crippen MR) is 86.7 cm³/mol. The Kier molecular flexibility index (Phi) is 2.93. The molecule has 0 bridgehead atoms. The molecule has 0 aromatic heterocycles. The average Bonchev–Trinajstić information content (AvgIpc) is 3.07. The van der Waals surface area contributed by atoms with Gasteiger partial charge in [-0.1, -0.05) is 56.3 Å². The van der Waals surface area contributed by atoms with Gasteiger partial charge in [0.1, 0.15) is 0 Å². The molecule has 0 radical (unpaired) electrons. The zero-order valence-corrected chi connectivity index (χ0v) is 12.9. The summed E-state index contributed by atoms with van der Waals surface area (Å²) in [6.07, 6.45) is 3.90. The molecule has 2 aromatic carbocycles. The van der Waals surface area contributed by atoms with E-state index in [4.69, 9.17) is 4.74 Å². The molecule has 1 unspecified atom stereocenters. The van der Waals surface area contributed by atoms with E-state index in [9.17, 15) is 0 Å². The molecule has 1 aliphatic carbocycles. The highest BCUT2D eigenvalue weighted by Gasteiger charge is 2.35. The van der Waals surface area contributed by atoms with Crippen molar-refractivity contribution in [2.75, 3.05) is 6.61 Å². The molecule has 0 amide bonds. The summed E-state index contributed by atoms with van der Waals surface area (Å²) >= 11 is 0. The fourth-order valence-electron chi connectivity index (χ4n) is 3.95. The van der Waals surface area contributed by atoms with Gasteiger partial charge in [0.25, 0.3) is 0 Å². The van der Waals surface area contributed by atoms with Crippen LogP contribution in [0, 0.1) is 0 Å². The standard InChI is InChI=1S/C20H22O/c1-20(2)18-8-4-3-7-16(18)17-10-9-14(13-19(17)20)12-15-6-5-11-21-15/h3-4,7-10,13,15H,5-6,11-12H2,1-2H3. The van der Waals surface area contributed by atoms with Gasteiger partial charge in [0, 0.05) is 12.0 Å². The Morgan fingerprint density at radius 2 is 1.86 bits per heavy atom. The predicted octanol–water partition coefficient (Wildman–Crippen LogP) is 4.71. The zero-order valence-electron chi connectivity index (χ0n) is 12.9. The third-order valence-electron chi connectivity index (χ3n) is 5.14. The SMILES string of the molecule is CC1(C)c2ccccc2-c2ccc(CC3CCCO3)cc21. The summed E-state index contributed by atoms with van der Waals surface area (Å²) < 4.78 is 5.79. The maximum Gasteiger partial charge on any atom is 0.0616 e. The average molecular weight is 278 g/mol. The molecule has 1 atom stereocenters. The van der Waals surface area contributed by atoms with Gasteiger partial charge in [0.2, 0.25) is 0 Å². The van der Waals surface area contributed by atoms with E-state index in [0.717, 1.165) is 13.0 Å². The summed E-state index contributed by atoms with van der Waals surface area (Å²) in [7, 11) is 0. The Labute approximate surface area is 127 Å². The smallest absolute Gasteiger partial charge is 0.0616 e. The molecular weight excluding hydrogens is 256 g/mol. The highest BCUT2D eigenvalue weighted by Crippen LogP contribution is 2.48. The van der Waals surface area contributed by atoms with E-state index < -0.39 is 0 Å². The molecular formula is C20H22O. The Bertz CT molecular complexity index is 678. The van der Waals surface area contributed by atoms with Crippen molar-refractivity contribution in [2.45, 2.75) is 44.6 Å². The van der Waals surface area contributed by atoms with Crippen molar-refractivity contribution in [3.63, 3.8) is 0 Å². The molecule has 1 nitrogen and oxygen atoms in total. The summed E-state index contributed by atoms with van der Waals surface area (Å²) in [5.74, 6) is 0. The molecule has 0 spiro atoms. The fraction of sp³-hybridized carbons (Fsp3) is 0.400. The Hall–Kier alpha value is -1.60. The Balaban J connectivity index is 1.74. The highest BCUT2D eigenvalue weighted by atomic mass is 16.5. The minimum atomic E-state index is 0.110. The van der Waals surface area contributed by atoms with Gasteiger partial charge < -0.3 is 4.74 Å². The van der Waals surface area contributed by atoms with Gasteiger partial charge in [0.15, 0.2) is 0 Å². The lowest BCUT2D eigenvalue weighted by Crippen LogP contribution is -2.16. The molecule has 1 fully saturated rings. The van der Waals surface area contributed by atoms with Crippen molar-refractivity contribution < 1.29 is 4.74 Å². The molecule has 2 aromatic rings. The first kappa shape index (κ1) is 13.1. The molecule has 0 N–H and O–H groups in total. The van der Waals surface area contributed by atoms with Crippen LogP contribution >= 0.6 is 0 Å². The number of ether oxygens (including phenoxy) is 1. The summed E-state index contributed by atoms with van der Waals surface area (Å²) in [6.45, 7) is 5.62. The van der Waals surface area contributed by atoms with Crippen LogP contribution in [0.4, 0.5) is 0 Å². The molecule has 1 saturated heterocycles. The third kappa shape index (κ3) is 2.03. The van der Waals surface area contributed by atoms with Crippen LogP contribution in [0.5, 0.6) is 0 Å². The van der Waals surface area contributed by atoms with Gasteiger partial charge in [-0.15, -0.1) is 0 Å². The Morgan fingerprint density at radius 1 is 1.05 bits per heavy atom. The number of rotatable bonds is 2. The second-order valence-electron chi connectivity index (χ2n) is 6.89. The van der Waals surface area contributed by atoms with Crippen molar-refractivity contribution in [1.82, 2.24) is 0 Å². The third-order valence-corrected chi connectivity index (χ3v) is 5.14. The van der Waals surface area contributed by atoms with Gasteiger partial charge in [-0.25, -0.2) is 0 Å². The van der Waals surface area contributed by atoms with E-state index in [1.165, 1.54) is 40.7 Å². The second kappa shape index (κ2) is 4.71. The normalized spacial score (nSPS) is 22.1. The fourth-order valence-corrected chi connectivity index (χ4v) is 3.95. The van der Waals surface area contributed by atoms with E-state index >= 15 is 0 Å². The van der Waals surface area contributed by atoms with E-state index in [0.29, 0.717) is 6.10 Å². The second-order valence-corrected chi connectivity index (χ2v) is 6.89. The maximum atomic E-state index is 5.79. The van der Waals surface area contributed by atoms with Gasteiger partial charge in [0.05, 0.1) is 6.10 Å². The minimum Gasteiger partial charge on any atom is -0.378 e. The van der Waals surface area contributed by atoms with E-state index in [1.54, 1.807) is 0 Å². The molecule has 2 aliphatic rings. The first-order valence-corrected chi connectivity index (χ1v) is 8.01. The summed E-state index contributed by atoms with van der Waals surface area (Å²) in [5, 5.41) is 0. The number of hydrogen-bond donors (Lipinski definition) is 0. The van der Waals surface area contributed by atoms with Crippen LogP contribution in [0.1, 0.15) is 43.4 Å². The molecule has 1 aliphatic heterocycles. The maximum absolute atomic E-state index is 5.79. The topological polar surface area (TPSA) is 9.23 Å². The quantitative estimate of drug-likeness (QED) is 0.772. The number of fused-ring (bicyclic) bond motifs is 3. The van der Waals surface area contributed by atoms with Crippen LogP contribution in [0.15, 0.2) is 42.5 Å². The van der Waals surface area contributed by atoms with Gasteiger partial charge in [-0.2, -0.15) is 0 Å². The zero-order chi connectivity index (χ0) is 14.4. The van der Waals surface area contributed by atoms with Crippen molar-refractivity contribution in [3.8, 4) is 11.1 Å². The van der Waals surface area contributed by atoms with Crippen molar-refractivity contribution in [2.24, 2.45) is 0 Å². The molecule has 0 saturated carbocycles. The minimum absolute atomic E-state index is 0.110. The molecule has 1 heterocycles. The van der Waals surface area contributed by atoms with Crippen LogP contribution in [0.2, 0.25) is 0 Å². The first-order valence-electron chi connectivity index (χ1n) is 8.01. The van der Waals surface area contributed by atoms with Crippen molar-refractivity contribution in [1.29, 1.82) is 0 Å². The molecule has 108 valence electrons. The van der Waals surface area contributed by atoms with Gasteiger partial charge >= 0.3 is 0 Å². The lowest BCUT2D eigenvalue weighted by molar-refractivity contribution is 0.111. The molecule has 4 rings (SSSR count). The Morgan fingerprint density at radius 3 is 2.67 bits per heavy atom. The summed E-state index contributed by atoms with van der Waals surface area (Å²) in [5.41, 5.74) is 7.27. The van der Waals surface area contributed by atoms with Crippen molar-refractivity contribution in [3.05, 3.63) is 59.2 Å². The van der Waals surface area contributed by atoms with Crippen molar-refractivity contribution >= 4 is 0 Å². The monoisotopic (exact) mass is 278 g/mol. The van der Waals surface area contributed by atoms with E-state index in [2.05, 4.69) is 56.3 Å². The van der Waals surface area contributed by atoms with Gasteiger partial charge in [-0.3, -0.25) is 0 Å². The van der Waals surface area contributed by atoms with E-state index in [1.807, 2.05) is 0 Å². The van der Waals surface area contributed by atoms with Crippen LogP contribution in [0.3, 0.4) is 0 Å². The largest absolute Gasteiger partial charge is 0.378 e. The van der Waals surface area contributed by atoms with Crippen LogP contribution in [0.25, 0.3) is 11.1 Å². The first-order chi connectivity index (χ1) is 10.2. The number of hydrogen-bond acceptors (Lipinski definition) is 1. The molecule has 21 heavy (non-hydrogen) atoms. The van der Waals surface area contributed by atoms with Gasteiger partial charge in [-0.05, 0) is 47.1 Å². The lowest BCUT2D eigenvalue weighted by Gasteiger charge is -2.22. The summed E-state index contributed by atoms with van der Waals surface area (Å²) in [4.78, 5) is 0. The summed E-state index contributed by atoms with van der Waals surface area (Å²) in [6, 6.07) is 15.8. The highest BCUT2D eigenvalue weighted by molar-refractivity contribution is 5.80. The van der Waals surface area contributed by atoms with Crippen LogP contribution in [-0.4, -0.2) is 12.7 Å². The number of benzene rings is 2.